The highest BCUT2D eigenvalue weighted by molar-refractivity contribution is 5.97. The van der Waals surface area contributed by atoms with Crippen molar-refractivity contribution >= 4 is 29.9 Å². The minimum absolute atomic E-state index is 0. The van der Waals surface area contributed by atoms with E-state index >= 15 is 0 Å². The summed E-state index contributed by atoms with van der Waals surface area (Å²) >= 11 is 0. The van der Waals surface area contributed by atoms with E-state index in [2.05, 4.69) is 10.6 Å². The predicted molar refractivity (Wildman–Crippen MR) is 69.1 cm³/mol. The summed E-state index contributed by atoms with van der Waals surface area (Å²) in [6.45, 7) is 2.34. The van der Waals surface area contributed by atoms with Gasteiger partial charge in [0.05, 0.1) is 6.54 Å². The molecule has 1 aromatic rings. The van der Waals surface area contributed by atoms with Crippen molar-refractivity contribution in [2.45, 2.75) is 6.92 Å². The third-order valence-electron chi connectivity index (χ3n) is 1.93. The number of carbonyl (C=O) groups excluding carboxylic acids is 2. The van der Waals surface area contributed by atoms with Gasteiger partial charge in [0.2, 0.25) is 5.91 Å². The van der Waals surface area contributed by atoms with Gasteiger partial charge in [-0.05, 0) is 25.1 Å². The highest BCUT2D eigenvalue weighted by atomic mass is 35.5. The molecule has 0 fully saturated rings. The quantitative estimate of drug-likeness (QED) is 0.689. The summed E-state index contributed by atoms with van der Waals surface area (Å²) in [6, 6.07) is 6.59. The average molecular weight is 258 g/mol. The first-order valence-electron chi connectivity index (χ1n) is 5.04. The Hall–Kier alpha value is -1.75. The number of rotatable bonds is 4. The fourth-order valence-corrected chi connectivity index (χ4v) is 1.20. The van der Waals surface area contributed by atoms with Gasteiger partial charge in [0.15, 0.2) is 0 Å². The SMILES string of the molecule is CCNC(=O)CNC(=O)c1cccc(N)c1.Cl. The van der Waals surface area contributed by atoms with Crippen LogP contribution in [0.1, 0.15) is 17.3 Å². The molecule has 0 saturated carbocycles. The zero-order valence-electron chi connectivity index (χ0n) is 9.53. The zero-order chi connectivity index (χ0) is 12.0. The van der Waals surface area contributed by atoms with Gasteiger partial charge in [-0.15, -0.1) is 12.4 Å². The van der Waals surface area contributed by atoms with Crippen molar-refractivity contribution in [2.24, 2.45) is 0 Å². The summed E-state index contributed by atoms with van der Waals surface area (Å²) in [5.74, 6) is -0.515. The van der Waals surface area contributed by atoms with E-state index in [9.17, 15) is 9.59 Å². The molecule has 0 bridgehead atoms. The number of nitrogens with one attached hydrogen (secondary N) is 2. The van der Waals surface area contributed by atoms with E-state index in [4.69, 9.17) is 5.73 Å². The maximum Gasteiger partial charge on any atom is 0.251 e. The van der Waals surface area contributed by atoms with Crippen LogP contribution in [0.5, 0.6) is 0 Å². The van der Waals surface area contributed by atoms with Gasteiger partial charge in [0.1, 0.15) is 0 Å². The lowest BCUT2D eigenvalue weighted by atomic mass is 10.2. The topological polar surface area (TPSA) is 84.2 Å². The zero-order valence-corrected chi connectivity index (χ0v) is 10.3. The van der Waals surface area contributed by atoms with E-state index in [0.29, 0.717) is 17.8 Å². The van der Waals surface area contributed by atoms with Gasteiger partial charge in [-0.2, -0.15) is 0 Å². The lowest BCUT2D eigenvalue weighted by molar-refractivity contribution is -0.120. The molecule has 5 nitrogen and oxygen atoms in total. The third-order valence-corrected chi connectivity index (χ3v) is 1.93. The number of nitrogens with two attached hydrogens (primary N) is 1. The Bertz CT molecular complexity index is 396. The van der Waals surface area contributed by atoms with E-state index in [1.54, 1.807) is 24.3 Å². The Balaban J connectivity index is 0.00000256. The number of benzene rings is 1. The molecule has 0 unspecified atom stereocenters. The van der Waals surface area contributed by atoms with Gasteiger partial charge in [0, 0.05) is 17.8 Å². The smallest absolute Gasteiger partial charge is 0.251 e. The van der Waals surface area contributed by atoms with Crippen molar-refractivity contribution in [3.63, 3.8) is 0 Å². The number of halogens is 1. The van der Waals surface area contributed by atoms with Crippen molar-refractivity contribution in [1.29, 1.82) is 0 Å². The van der Waals surface area contributed by atoms with E-state index in [1.165, 1.54) is 0 Å². The molecule has 17 heavy (non-hydrogen) atoms. The van der Waals surface area contributed by atoms with E-state index in [-0.39, 0.29) is 30.8 Å². The van der Waals surface area contributed by atoms with Crippen LogP contribution in [0.2, 0.25) is 0 Å². The van der Waals surface area contributed by atoms with Crippen molar-refractivity contribution < 1.29 is 9.59 Å². The van der Waals surface area contributed by atoms with Crippen molar-refractivity contribution in [3.8, 4) is 0 Å². The lowest BCUT2D eigenvalue weighted by Crippen LogP contribution is -2.36. The summed E-state index contributed by atoms with van der Waals surface area (Å²) in [5, 5.41) is 5.09. The molecule has 0 saturated heterocycles. The predicted octanol–water partition coefficient (Wildman–Crippen LogP) is 0.556. The van der Waals surface area contributed by atoms with Gasteiger partial charge >= 0.3 is 0 Å². The van der Waals surface area contributed by atoms with Crippen LogP contribution in [0.4, 0.5) is 5.69 Å². The number of amides is 2. The van der Waals surface area contributed by atoms with E-state index < -0.39 is 0 Å². The Morgan fingerprint density at radius 2 is 2.00 bits per heavy atom. The second-order valence-corrected chi connectivity index (χ2v) is 3.26. The standard InChI is InChI=1S/C11H15N3O2.ClH/c1-2-13-10(15)7-14-11(16)8-4-3-5-9(12)6-8;/h3-6H,2,7,12H2,1H3,(H,13,15)(H,14,16);1H. The van der Waals surface area contributed by atoms with Gasteiger partial charge in [-0.1, -0.05) is 6.07 Å². The van der Waals surface area contributed by atoms with Crippen LogP contribution in [0, 0.1) is 0 Å². The number of nitrogen functional groups attached to an aromatic ring is 1. The van der Waals surface area contributed by atoms with Gasteiger partial charge < -0.3 is 16.4 Å². The van der Waals surface area contributed by atoms with Crippen molar-refractivity contribution in [3.05, 3.63) is 29.8 Å². The summed E-state index contributed by atoms with van der Waals surface area (Å²) in [4.78, 5) is 22.7. The summed E-state index contributed by atoms with van der Waals surface area (Å²) in [6.07, 6.45) is 0. The first-order chi connectivity index (χ1) is 7.63. The first kappa shape index (κ1) is 15.2. The Labute approximate surface area is 106 Å². The highest BCUT2D eigenvalue weighted by Gasteiger charge is 2.07. The van der Waals surface area contributed by atoms with Gasteiger partial charge in [-0.25, -0.2) is 0 Å². The Kier molecular flexibility index (Phi) is 6.74. The molecule has 0 aliphatic rings. The first-order valence-corrected chi connectivity index (χ1v) is 5.04. The molecule has 4 N–H and O–H groups in total. The number of hydrogen-bond donors (Lipinski definition) is 3. The van der Waals surface area contributed by atoms with Crippen LogP contribution < -0.4 is 16.4 Å². The fraction of sp³-hybridized carbons (Fsp3) is 0.273. The molecule has 1 rings (SSSR count). The fourth-order valence-electron chi connectivity index (χ4n) is 1.20. The normalized spacial score (nSPS) is 9.00. The molecule has 94 valence electrons. The molecule has 0 aliphatic carbocycles. The van der Waals surface area contributed by atoms with Crippen LogP contribution >= 0.6 is 12.4 Å². The second-order valence-electron chi connectivity index (χ2n) is 3.26. The number of anilines is 1. The van der Waals surface area contributed by atoms with Gasteiger partial charge in [0.25, 0.3) is 5.91 Å². The molecular formula is C11H16ClN3O2. The Morgan fingerprint density at radius 3 is 2.59 bits per heavy atom. The molecular weight excluding hydrogens is 242 g/mol. The molecule has 2 amide bonds. The monoisotopic (exact) mass is 257 g/mol. The van der Waals surface area contributed by atoms with Crippen molar-refractivity contribution in [1.82, 2.24) is 10.6 Å². The Morgan fingerprint density at radius 1 is 1.29 bits per heavy atom. The van der Waals surface area contributed by atoms with Crippen LogP contribution in [0.3, 0.4) is 0 Å². The van der Waals surface area contributed by atoms with E-state index in [1.807, 2.05) is 6.92 Å². The maximum atomic E-state index is 11.6. The van der Waals surface area contributed by atoms with E-state index in [0.717, 1.165) is 0 Å². The minimum atomic E-state index is -0.307. The molecule has 0 radical (unpaired) electrons. The molecule has 1 aromatic carbocycles. The van der Waals surface area contributed by atoms with Crippen molar-refractivity contribution in [2.75, 3.05) is 18.8 Å². The average Bonchev–Trinajstić information content (AvgIpc) is 2.26. The molecule has 0 aromatic heterocycles. The lowest BCUT2D eigenvalue weighted by Gasteiger charge is -2.05. The summed E-state index contributed by atoms with van der Waals surface area (Å²) in [5.41, 5.74) is 6.51. The van der Waals surface area contributed by atoms with Crippen LogP contribution in [0.15, 0.2) is 24.3 Å². The number of likely N-dealkylation sites (N-methyl/N-ethyl adjacent to an activating group) is 1. The largest absolute Gasteiger partial charge is 0.399 e. The maximum absolute atomic E-state index is 11.6. The molecule has 0 spiro atoms. The third kappa shape index (κ3) is 5.21. The van der Waals surface area contributed by atoms with Crippen LogP contribution in [0.25, 0.3) is 0 Å². The van der Waals surface area contributed by atoms with Gasteiger partial charge in [-0.3, -0.25) is 9.59 Å². The summed E-state index contributed by atoms with van der Waals surface area (Å²) in [7, 11) is 0. The highest BCUT2D eigenvalue weighted by Crippen LogP contribution is 2.05. The number of carbonyl (C=O) groups is 2. The second kappa shape index (κ2) is 7.51. The molecule has 0 heterocycles. The number of hydrogen-bond acceptors (Lipinski definition) is 3. The molecule has 0 atom stereocenters. The minimum Gasteiger partial charge on any atom is -0.399 e. The van der Waals surface area contributed by atoms with Crippen LogP contribution in [-0.2, 0) is 4.79 Å². The van der Waals surface area contributed by atoms with Crippen LogP contribution in [-0.4, -0.2) is 24.9 Å². The molecule has 0 aliphatic heterocycles. The summed E-state index contributed by atoms with van der Waals surface area (Å²) < 4.78 is 0. The molecule has 6 heteroatoms.